The van der Waals surface area contributed by atoms with Gasteiger partial charge in [-0.2, -0.15) is 0 Å². The average Bonchev–Trinajstić information content (AvgIpc) is 2.46. The van der Waals surface area contributed by atoms with Gasteiger partial charge in [0.25, 0.3) is 0 Å². The Labute approximate surface area is 125 Å². The molecule has 0 saturated heterocycles. The number of ketones is 1. The van der Waals surface area contributed by atoms with Crippen molar-refractivity contribution in [2.75, 3.05) is 18.9 Å². The van der Waals surface area contributed by atoms with Crippen LogP contribution in [0, 0.1) is 5.82 Å². The summed E-state index contributed by atoms with van der Waals surface area (Å²) in [6, 6.07) is 6.86. The summed E-state index contributed by atoms with van der Waals surface area (Å²) in [5.74, 6) is -0.328. The van der Waals surface area contributed by atoms with Gasteiger partial charge in [0.1, 0.15) is 19.0 Å². The number of nitrogen functional groups attached to an aromatic ring is 1. The first kappa shape index (κ1) is 13.7. The van der Waals surface area contributed by atoms with Crippen molar-refractivity contribution in [2.24, 2.45) is 0 Å². The van der Waals surface area contributed by atoms with Crippen molar-refractivity contribution < 1.29 is 18.7 Å². The highest BCUT2D eigenvalue weighted by Crippen LogP contribution is 2.36. The Balaban J connectivity index is 2.05. The van der Waals surface area contributed by atoms with Crippen LogP contribution >= 0.6 is 11.6 Å². The van der Waals surface area contributed by atoms with Crippen molar-refractivity contribution in [2.45, 2.75) is 0 Å². The Morgan fingerprint density at radius 1 is 1.10 bits per heavy atom. The fourth-order valence-electron chi connectivity index (χ4n) is 2.10. The van der Waals surface area contributed by atoms with Crippen LogP contribution in [0.5, 0.6) is 11.5 Å². The van der Waals surface area contributed by atoms with E-state index in [1.807, 2.05) is 0 Å². The monoisotopic (exact) mass is 307 g/mol. The maximum Gasteiger partial charge on any atom is 0.197 e. The first-order valence-corrected chi connectivity index (χ1v) is 6.63. The Kier molecular flexibility index (Phi) is 3.43. The number of nitrogens with two attached hydrogens (primary N) is 1. The van der Waals surface area contributed by atoms with Crippen LogP contribution in [-0.4, -0.2) is 19.0 Å². The van der Waals surface area contributed by atoms with Crippen LogP contribution in [0.3, 0.4) is 0 Å². The van der Waals surface area contributed by atoms with E-state index in [9.17, 15) is 9.18 Å². The SMILES string of the molecule is Nc1ccc(C(=O)c2cc3c(cc2Cl)OCCO3)c(F)c1. The van der Waals surface area contributed by atoms with Crippen LogP contribution in [0.25, 0.3) is 0 Å². The molecule has 0 saturated carbocycles. The fraction of sp³-hybridized carbons (Fsp3) is 0.133. The van der Waals surface area contributed by atoms with Gasteiger partial charge in [-0.25, -0.2) is 4.39 Å². The van der Waals surface area contributed by atoms with E-state index in [1.165, 1.54) is 24.3 Å². The summed E-state index contributed by atoms with van der Waals surface area (Å²) in [4.78, 5) is 12.4. The molecule has 0 spiro atoms. The van der Waals surface area contributed by atoms with Gasteiger partial charge < -0.3 is 15.2 Å². The molecule has 0 aliphatic carbocycles. The number of fused-ring (bicyclic) bond motifs is 1. The molecule has 6 heteroatoms. The van der Waals surface area contributed by atoms with Gasteiger partial charge in [0.05, 0.1) is 10.6 Å². The number of carbonyl (C=O) groups excluding carboxylic acids is 1. The zero-order valence-corrected chi connectivity index (χ0v) is 11.6. The summed E-state index contributed by atoms with van der Waals surface area (Å²) in [5.41, 5.74) is 5.78. The molecule has 21 heavy (non-hydrogen) atoms. The molecule has 0 fully saturated rings. The minimum atomic E-state index is -0.689. The van der Waals surface area contributed by atoms with E-state index >= 15 is 0 Å². The van der Waals surface area contributed by atoms with Gasteiger partial charge >= 0.3 is 0 Å². The first-order valence-electron chi connectivity index (χ1n) is 6.25. The Morgan fingerprint density at radius 3 is 2.43 bits per heavy atom. The number of rotatable bonds is 2. The zero-order valence-electron chi connectivity index (χ0n) is 10.9. The highest BCUT2D eigenvalue weighted by Gasteiger charge is 2.21. The van der Waals surface area contributed by atoms with Crippen molar-refractivity contribution >= 4 is 23.1 Å². The van der Waals surface area contributed by atoms with Gasteiger partial charge in [-0.3, -0.25) is 4.79 Å². The molecule has 0 atom stereocenters. The van der Waals surface area contributed by atoms with Crippen molar-refractivity contribution in [3.63, 3.8) is 0 Å². The summed E-state index contributed by atoms with van der Waals surface area (Å²) in [7, 11) is 0. The molecular weight excluding hydrogens is 297 g/mol. The molecule has 3 rings (SSSR count). The lowest BCUT2D eigenvalue weighted by atomic mass is 10.0. The second kappa shape index (κ2) is 5.26. The fourth-order valence-corrected chi connectivity index (χ4v) is 2.34. The lowest BCUT2D eigenvalue weighted by Gasteiger charge is -2.19. The van der Waals surface area contributed by atoms with Crippen LogP contribution in [0.1, 0.15) is 15.9 Å². The molecule has 1 aliphatic rings. The van der Waals surface area contributed by atoms with E-state index in [0.29, 0.717) is 24.7 Å². The van der Waals surface area contributed by atoms with Crippen molar-refractivity contribution in [3.05, 3.63) is 52.3 Å². The molecule has 0 radical (unpaired) electrons. The van der Waals surface area contributed by atoms with Gasteiger partial charge in [-0.1, -0.05) is 11.6 Å². The van der Waals surface area contributed by atoms with E-state index in [0.717, 1.165) is 6.07 Å². The van der Waals surface area contributed by atoms with Crippen LogP contribution in [-0.2, 0) is 0 Å². The smallest absolute Gasteiger partial charge is 0.197 e. The van der Waals surface area contributed by atoms with E-state index in [4.69, 9.17) is 26.8 Å². The largest absolute Gasteiger partial charge is 0.486 e. The molecule has 108 valence electrons. The lowest BCUT2D eigenvalue weighted by Crippen LogP contribution is -2.16. The maximum atomic E-state index is 13.9. The van der Waals surface area contributed by atoms with E-state index in [1.54, 1.807) is 0 Å². The summed E-state index contributed by atoms with van der Waals surface area (Å²) in [6.45, 7) is 0.807. The van der Waals surface area contributed by atoms with Crippen molar-refractivity contribution in [1.29, 1.82) is 0 Å². The number of anilines is 1. The Bertz CT molecular complexity index is 733. The first-order chi connectivity index (χ1) is 10.1. The third-order valence-electron chi connectivity index (χ3n) is 3.11. The number of hydrogen-bond acceptors (Lipinski definition) is 4. The van der Waals surface area contributed by atoms with Crippen LogP contribution < -0.4 is 15.2 Å². The second-order valence-corrected chi connectivity index (χ2v) is 4.95. The van der Waals surface area contributed by atoms with Gasteiger partial charge in [-0.15, -0.1) is 0 Å². The molecular formula is C15H11ClFNO3. The number of ether oxygens (including phenoxy) is 2. The minimum absolute atomic E-state index is 0.0947. The molecule has 1 aliphatic heterocycles. The van der Waals surface area contributed by atoms with Crippen molar-refractivity contribution in [1.82, 2.24) is 0 Å². The van der Waals surface area contributed by atoms with Gasteiger partial charge in [0, 0.05) is 17.3 Å². The molecule has 1 heterocycles. The Hall–Kier alpha value is -2.27. The third kappa shape index (κ3) is 2.52. The van der Waals surface area contributed by atoms with E-state index in [-0.39, 0.29) is 21.8 Å². The lowest BCUT2D eigenvalue weighted by molar-refractivity contribution is 0.103. The molecule has 0 aromatic heterocycles. The van der Waals surface area contributed by atoms with E-state index < -0.39 is 11.6 Å². The van der Waals surface area contributed by atoms with Crippen molar-refractivity contribution in [3.8, 4) is 11.5 Å². The van der Waals surface area contributed by atoms with Gasteiger partial charge in [0.2, 0.25) is 0 Å². The summed E-state index contributed by atoms with van der Waals surface area (Å²) in [5, 5.41) is 0.181. The van der Waals surface area contributed by atoms with Gasteiger partial charge in [0.15, 0.2) is 17.3 Å². The van der Waals surface area contributed by atoms with E-state index in [2.05, 4.69) is 0 Å². The highest BCUT2D eigenvalue weighted by atomic mass is 35.5. The molecule has 2 aromatic carbocycles. The molecule has 2 aromatic rings. The number of carbonyl (C=O) groups is 1. The highest BCUT2D eigenvalue weighted by molar-refractivity contribution is 6.35. The van der Waals surface area contributed by atoms with Gasteiger partial charge in [-0.05, 0) is 24.3 Å². The zero-order chi connectivity index (χ0) is 15.0. The molecule has 0 bridgehead atoms. The maximum absolute atomic E-state index is 13.9. The topological polar surface area (TPSA) is 61.6 Å². The number of halogens is 2. The number of benzene rings is 2. The number of hydrogen-bond donors (Lipinski definition) is 1. The summed E-state index contributed by atoms with van der Waals surface area (Å²) in [6.07, 6.45) is 0. The minimum Gasteiger partial charge on any atom is -0.486 e. The standard InChI is InChI=1S/C15H11ClFNO3/c16-11-7-14-13(20-3-4-21-14)6-10(11)15(19)9-2-1-8(18)5-12(9)17/h1-2,5-7H,3-4,18H2. The Morgan fingerprint density at radius 2 is 1.76 bits per heavy atom. The van der Waals surface area contributed by atoms with Crippen LogP contribution in [0.15, 0.2) is 30.3 Å². The average molecular weight is 308 g/mol. The third-order valence-corrected chi connectivity index (χ3v) is 3.43. The molecule has 0 amide bonds. The second-order valence-electron chi connectivity index (χ2n) is 4.54. The predicted octanol–water partition coefficient (Wildman–Crippen LogP) is 3.06. The van der Waals surface area contributed by atoms with Crippen LogP contribution in [0.4, 0.5) is 10.1 Å². The predicted molar refractivity (Wildman–Crippen MR) is 76.7 cm³/mol. The normalized spacial score (nSPS) is 13.0. The van der Waals surface area contributed by atoms with Crippen LogP contribution in [0.2, 0.25) is 5.02 Å². The molecule has 2 N–H and O–H groups in total. The molecule has 0 unspecified atom stereocenters. The summed E-state index contributed by atoms with van der Waals surface area (Å²) < 4.78 is 24.6. The molecule has 4 nitrogen and oxygen atoms in total. The summed E-state index contributed by atoms with van der Waals surface area (Å²) >= 11 is 6.09. The quantitative estimate of drug-likeness (QED) is 0.684.